The van der Waals surface area contributed by atoms with Gasteiger partial charge in [-0.05, 0) is 52.9 Å². The van der Waals surface area contributed by atoms with Gasteiger partial charge in [-0.25, -0.2) is 4.98 Å². The van der Waals surface area contributed by atoms with Gasteiger partial charge in [0.15, 0.2) is 0 Å². The highest BCUT2D eigenvalue weighted by Gasteiger charge is 2.14. The summed E-state index contributed by atoms with van der Waals surface area (Å²) in [5.41, 5.74) is 3.89. The number of nitrogens with one attached hydrogen (secondary N) is 2. The monoisotopic (exact) mass is 389 g/mol. The molecule has 1 heterocycles. The second-order valence-corrected chi connectivity index (χ2v) is 7.92. The van der Waals surface area contributed by atoms with Gasteiger partial charge in [0.25, 0.3) is 5.91 Å². The van der Waals surface area contributed by atoms with Gasteiger partial charge < -0.3 is 15.4 Å². The summed E-state index contributed by atoms with van der Waals surface area (Å²) in [5, 5.41) is 6.15. The average molecular weight is 389 g/mol. The summed E-state index contributed by atoms with van der Waals surface area (Å²) < 4.78 is 5.16. The van der Waals surface area contributed by atoms with Crippen LogP contribution in [0.2, 0.25) is 0 Å². The van der Waals surface area contributed by atoms with Crippen molar-refractivity contribution in [2.24, 2.45) is 0 Å². The van der Waals surface area contributed by atoms with Crippen LogP contribution in [-0.2, 0) is 12.0 Å². The number of aromatic nitrogens is 1. The van der Waals surface area contributed by atoms with Crippen LogP contribution in [0.1, 0.15) is 42.3 Å². The van der Waals surface area contributed by atoms with Crippen molar-refractivity contribution in [2.45, 2.75) is 32.7 Å². The molecule has 1 aromatic heterocycles. The van der Waals surface area contributed by atoms with Crippen molar-refractivity contribution in [1.29, 1.82) is 0 Å². The van der Waals surface area contributed by atoms with Gasteiger partial charge in [-0.15, -0.1) is 0 Å². The number of amides is 1. The van der Waals surface area contributed by atoms with Crippen LogP contribution < -0.4 is 15.4 Å². The van der Waals surface area contributed by atoms with Gasteiger partial charge in [-0.3, -0.25) is 4.79 Å². The molecule has 3 rings (SSSR count). The smallest absolute Gasteiger partial charge is 0.256 e. The topological polar surface area (TPSA) is 63.2 Å². The number of methoxy groups -OCH3 is 1. The number of rotatable bonds is 6. The molecule has 150 valence electrons. The van der Waals surface area contributed by atoms with Gasteiger partial charge in [-0.2, -0.15) is 0 Å². The van der Waals surface area contributed by atoms with E-state index >= 15 is 0 Å². The normalized spacial score (nSPS) is 11.0. The molecule has 0 fully saturated rings. The van der Waals surface area contributed by atoms with Crippen molar-refractivity contribution in [2.75, 3.05) is 17.7 Å². The summed E-state index contributed by atoms with van der Waals surface area (Å²) in [6, 6.07) is 19.3. The number of hydrogen-bond donors (Lipinski definition) is 2. The number of carbonyl (C=O) groups is 1. The number of hydrogen-bond acceptors (Lipinski definition) is 4. The van der Waals surface area contributed by atoms with E-state index in [9.17, 15) is 4.79 Å². The van der Waals surface area contributed by atoms with Crippen molar-refractivity contribution in [1.82, 2.24) is 4.98 Å². The molecule has 0 atom stereocenters. The Morgan fingerprint density at radius 1 is 0.966 bits per heavy atom. The quantitative estimate of drug-likeness (QED) is 0.604. The molecular formula is C24H27N3O2. The van der Waals surface area contributed by atoms with Crippen molar-refractivity contribution in [3.8, 4) is 5.75 Å². The lowest BCUT2D eigenvalue weighted by Gasteiger charge is -2.19. The van der Waals surface area contributed by atoms with Crippen LogP contribution in [0.3, 0.4) is 0 Å². The number of nitrogens with zero attached hydrogens (tertiary/aromatic N) is 1. The molecule has 1 amide bonds. The zero-order chi connectivity index (χ0) is 20.9. The zero-order valence-electron chi connectivity index (χ0n) is 17.3. The number of ether oxygens (including phenoxy) is 1. The molecule has 0 saturated carbocycles. The van der Waals surface area contributed by atoms with Crippen LogP contribution in [0.4, 0.5) is 11.5 Å². The van der Waals surface area contributed by atoms with E-state index in [1.807, 2.05) is 54.6 Å². The Labute approximate surface area is 172 Å². The van der Waals surface area contributed by atoms with Crippen molar-refractivity contribution in [3.63, 3.8) is 0 Å². The highest BCUT2D eigenvalue weighted by atomic mass is 16.5. The first kappa shape index (κ1) is 20.4. The molecule has 0 aliphatic rings. The summed E-state index contributed by atoms with van der Waals surface area (Å²) in [7, 11) is 1.65. The maximum absolute atomic E-state index is 12.4. The van der Waals surface area contributed by atoms with Crippen LogP contribution in [0.5, 0.6) is 5.75 Å². The van der Waals surface area contributed by atoms with Crippen LogP contribution in [0, 0.1) is 0 Å². The number of benzene rings is 2. The van der Waals surface area contributed by atoms with E-state index in [4.69, 9.17) is 4.74 Å². The lowest BCUT2D eigenvalue weighted by Crippen LogP contribution is -2.15. The minimum absolute atomic E-state index is 0.0607. The van der Waals surface area contributed by atoms with E-state index in [0.29, 0.717) is 17.9 Å². The minimum atomic E-state index is -0.170. The molecule has 2 N–H and O–H groups in total. The van der Waals surface area contributed by atoms with E-state index in [2.05, 4.69) is 36.4 Å². The van der Waals surface area contributed by atoms with Gasteiger partial charge in [0.2, 0.25) is 0 Å². The third-order valence-corrected chi connectivity index (χ3v) is 4.67. The Morgan fingerprint density at radius 3 is 2.21 bits per heavy atom. The average Bonchev–Trinajstić information content (AvgIpc) is 2.73. The summed E-state index contributed by atoms with van der Waals surface area (Å²) in [6.45, 7) is 7.13. The fraction of sp³-hybridized carbons (Fsp3) is 0.250. The number of pyridine rings is 1. The predicted octanol–water partition coefficient (Wildman–Crippen LogP) is 5.25. The lowest BCUT2D eigenvalue weighted by atomic mass is 9.87. The summed E-state index contributed by atoms with van der Waals surface area (Å²) >= 11 is 0. The fourth-order valence-corrected chi connectivity index (χ4v) is 2.83. The first-order chi connectivity index (χ1) is 13.8. The van der Waals surface area contributed by atoms with Crippen molar-refractivity contribution < 1.29 is 9.53 Å². The van der Waals surface area contributed by atoms with Crippen LogP contribution in [-0.4, -0.2) is 18.0 Å². The molecule has 2 aromatic carbocycles. The summed E-state index contributed by atoms with van der Waals surface area (Å²) in [5.74, 6) is 1.19. The van der Waals surface area contributed by atoms with E-state index < -0.39 is 0 Å². The molecule has 0 saturated heterocycles. The van der Waals surface area contributed by atoms with Gasteiger partial charge in [-0.1, -0.05) is 45.0 Å². The standard InChI is InChI=1S/C24H27N3O2/c1-24(2,3)19-9-7-18(8-10-19)23(28)27-22-14-11-20(16-26-22)25-15-17-5-12-21(29-4)13-6-17/h5-14,16,25H,15H2,1-4H3,(H,26,27,28). The second kappa shape index (κ2) is 8.78. The fourth-order valence-electron chi connectivity index (χ4n) is 2.83. The second-order valence-electron chi connectivity index (χ2n) is 7.92. The largest absolute Gasteiger partial charge is 0.497 e. The minimum Gasteiger partial charge on any atom is -0.497 e. The maximum Gasteiger partial charge on any atom is 0.256 e. The molecule has 3 aromatic rings. The Bertz CT molecular complexity index is 941. The molecule has 0 aliphatic carbocycles. The van der Waals surface area contributed by atoms with Gasteiger partial charge in [0, 0.05) is 12.1 Å². The first-order valence-electron chi connectivity index (χ1n) is 9.60. The van der Waals surface area contributed by atoms with Gasteiger partial charge in [0.1, 0.15) is 11.6 Å². The molecule has 0 unspecified atom stereocenters. The molecule has 5 heteroatoms. The van der Waals surface area contributed by atoms with E-state index in [-0.39, 0.29) is 11.3 Å². The Kier molecular flexibility index (Phi) is 6.17. The molecular weight excluding hydrogens is 362 g/mol. The predicted molar refractivity (Wildman–Crippen MR) is 118 cm³/mol. The van der Waals surface area contributed by atoms with E-state index in [0.717, 1.165) is 17.0 Å². The molecule has 0 spiro atoms. The van der Waals surface area contributed by atoms with Crippen molar-refractivity contribution in [3.05, 3.63) is 83.6 Å². The Hall–Kier alpha value is -3.34. The Balaban J connectivity index is 1.56. The lowest BCUT2D eigenvalue weighted by molar-refractivity contribution is 0.102. The Morgan fingerprint density at radius 2 is 1.66 bits per heavy atom. The van der Waals surface area contributed by atoms with Gasteiger partial charge >= 0.3 is 0 Å². The van der Waals surface area contributed by atoms with Gasteiger partial charge in [0.05, 0.1) is 19.0 Å². The molecule has 0 radical (unpaired) electrons. The highest BCUT2D eigenvalue weighted by molar-refractivity contribution is 6.03. The summed E-state index contributed by atoms with van der Waals surface area (Å²) in [4.78, 5) is 16.8. The molecule has 29 heavy (non-hydrogen) atoms. The molecule has 5 nitrogen and oxygen atoms in total. The molecule has 0 aliphatic heterocycles. The van der Waals surface area contributed by atoms with Crippen molar-refractivity contribution >= 4 is 17.4 Å². The van der Waals surface area contributed by atoms with Crippen LogP contribution >= 0.6 is 0 Å². The number of anilines is 2. The maximum atomic E-state index is 12.4. The van der Waals surface area contributed by atoms with Crippen LogP contribution in [0.15, 0.2) is 66.9 Å². The van der Waals surface area contributed by atoms with Crippen LogP contribution in [0.25, 0.3) is 0 Å². The third kappa shape index (κ3) is 5.57. The number of carbonyl (C=O) groups excluding carboxylic acids is 1. The highest BCUT2D eigenvalue weighted by Crippen LogP contribution is 2.22. The zero-order valence-corrected chi connectivity index (χ0v) is 17.3. The molecule has 0 bridgehead atoms. The summed E-state index contributed by atoms with van der Waals surface area (Å²) in [6.07, 6.45) is 1.71. The van der Waals surface area contributed by atoms with E-state index in [1.165, 1.54) is 5.56 Å². The third-order valence-electron chi connectivity index (χ3n) is 4.67. The van der Waals surface area contributed by atoms with E-state index in [1.54, 1.807) is 19.4 Å². The first-order valence-corrected chi connectivity index (χ1v) is 9.60. The SMILES string of the molecule is COc1ccc(CNc2ccc(NC(=O)c3ccc(C(C)(C)C)cc3)nc2)cc1.